The molecule has 78 valence electrons. The molecule has 14 heavy (non-hydrogen) atoms. The van der Waals surface area contributed by atoms with Gasteiger partial charge >= 0.3 is 0 Å². The summed E-state index contributed by atoms with van der Waals surface area (Å²) in [6.07, 6.45) is 3.54. The monoisotopic (exact) mass is 276 g/mol. The maximum atomic E-state index is 5.84. The van der Waals surface area contributed by atoms with Crippen LogP contribution in [0.5, 0.6) is 0 Å². The normalized spacial score (nSPS) is 11.4. The Morgan fingerprint density at radius 2 is 2.29 bits per heavy atom. The Morgan fingerprint density at radius 3 is 2.86 bits per heavy atom. The summed E-state index contributed by atoms with van der Waals surface area (Å²) in [5.74, 6) is 0.642. The molecule has 0 spiro atoms. The Hall–Kier alpha value is -0.280. The molecule has 2 nitrogen and oxygen atoms in total. The van der Waals surface area contributed by atoms with Gasteiger partial charge in [-0.05, 0) is 27.4 Å². The van der Waals surface area contributed by atoms with Crippen LogP contribution in [0.1, 0.15) is 13.8 Å². The highest BCUT2D eigenvalue weighted by Crippen LogP contribution is 2.23. The average Bonchev–Trinajstić information content (AvgIpc) is 2.17. The molecule has 0 saturated carbocycles. The Morgan fingerprint density at radius 1 is 1.57 bits per heavy atom. The lowest BCUT2D eigenvalue weighted by Crippen LogP contribution is -2.24. The van der Waals surface area contributed by atoms with E-state index >= 15 is 0 Å². The van der Waals surface area contributed by atoms with Crippen LogP contribution in [-0.4, -0.2) is 17.4 Å². The zero-order chi connectivity index (χ0) is 10.6. The van der Waals surface area contributed by atoms with Crippen molar-refractivity contribution in [1.29, 1.82) is 0 Å². The van der Waals surface area contributed by atoms with E-state index in [1.54, 1.807) is 12.4 Å². The number of halogens is 2. The van der Waals surface area contributed by atoms with Crippen molar-refractivity contribution in [3.8, 4) is 0 Å². The van der Waals surface area contributed by atoms with Gasteiger partial charge in [-0.2, -0.15) is 0 Å². The highest BCUT2D eigenvalue weighted by atomic mass is 79.9. The third-order valence-corrected chi connectivity index (χ3v) is 3.25. The number of rotatable bonds is 4. The summed E-state index contributed by atoms with van der Waals surface area (Å²) in [6.45, 7) is 5.10. The van der Waals surface area contributed by atoms with E-state index in [0.717, 1.165) is 16.7 Å². The second-order valence-corrected chi connectivity index (χ2v) is 5.13. The van der Waals surface area contributed by atoms with Gasteiger partial charge in [-0.25, -0.2) is 0 Å². The number of hydrogen-bond acceptors (Lipinski definition) is 2. The Bertz CT molecular complexity index is 302. The van der Waals surface area contributed by atoms with Gasteiger partial charge in [-0.3, -0.25) is 4.98 Å². The van der Waals surface area contributed by atoms with Gasteiger partial charge in [-0.15, -0.1) is 11.6 Å². The van der Waals surface area contributed by atoms with Crippen LogP contribution in [0.3, 0.4) is 0 Å². The average molecular weight is 278 g/mol. The Balaban J connectivity index is 2.58. The standard InChI is InChI=1S/C10H14BrClN2/c1-10(2,6-12)7-14-9-3-4-13-5-8(9)11/h3-5H,6-7H2,1-2H3,(H,13,14). The van der Waals surface area contributed by atoms with Crippen molar-refractivity contribution in [3.05, 3.63) is 22.9 Å². The minimum atomic E-state index is 0.101. The van der Waals surface area contributed by atoms with Gasteiger partial charge in [-0.1, -0.05) is 13.8 Å². The molecule has 0 bridgehead atoms. The van der Waals surface area contributed by atoms with Crippen LogP contribution >= 0.6 is 27.5 Å². The molecule has 0 aliphatic heterocycles. The maximum Gasteiger partial charge on any atom is 0.0590 e. The zero-order valence-electron chi connectivity index (χ0n) is 8.35. The van der Waals surface area contributed by atoms with E-state index in [1.165, 1.54) is 0 Å². The molecule has 1 aromatic heterocycles. The molecule has 4 heteroatoms. The van der Waals surface area contributed by atoms with E-state index < -0.39 is 0 Å². The molecule has 0 radical (unpaired) electrons. The summed E-state index contributed by atoms with van der Waals surface area (Å²) in [5.41, 5.74) is 1.16. The van der Waals surface area contributed by atoms with Crippen molar-refractivity contribution in [2.24, 2.45) is 5.41 Å². The van der Waals surface area contributed by atoms with Gasteiger partial charge in [0.15, 0.2) is 0 Å². The molecule has 1 heterocycles. The van der Waals surface area contributed by atoms with Gasteiger partial charge in [0.1, 0.15) is 0 Å². The predicted octanol–water partition coefficient (Wildman–Crippen LogP) is 3.52. The van der Waals surface area contributed by atoms with E-state index in [0.29, 0.717) is 5.88 Å². The minimum Gasteiger partial charge on any atom is -0.383 e. The van der Waals surface area contributed by atoms with E-state index in [1.807, 2.05) is 6.07 Å². The second kappa shape index (κ2) is 4.99. The number of aromatic nitrogens is 1. The second-order valence-electron chi connectivity index (χ2n) is 4.01. The fourth-order valence-corrected chi connectivity index (χ4v) is 1.39. The molecule has 0 saturated heterocycles. The molecule has 0 unspecified atom stereocenters. The fraction of sp³-hybridized carbons (Fsp3) is 0.500. The number of hydrogen-bond donors (Lipinski definition) is 1. The van der Waals surface area contributed by atoms with Crippen molar-refractivity contribution in [2.75, 3.05) is 17.7 Å². The van der Waals surface area contributed by atoms with Crippen molar-refractivity contribution >= 4 is 33.2 Å². The van der Waals surface area contributed by atoms with Crippen molar-refractivity contribution in [1.82, 2.24) is 4.98 Å². The van der Waals surface area contributed by atoms with Gasteiger partial charge in [0.05, 0.1) is 10.2 Å². The molecule has 1 rings (SSSR count). The van der Waals surface area contributed by atoms with E-state index in [9.17, 15) is 0 Å². The lowest BCUT2D eigenvalue weighted by molar-refractivity contribution is 0.450. The highest BCUT2D eigenvalue weighted by Gasteiger charge is 2.16. The van der Waals surface area contributed by atoms with E-state index in [2.05, 4.69) is 40.1 Å². The summed E-state index contributed by atoms with van der Waals surface area (Å²) >= 11 is 9.26. The first-order valence-electron chi connectivity index (χ1n) is 4.44. The summed E-state index contributed by atoms with van der Waals surface area (Å²) < 4.78 is 0.977. The highest BCUT2D eigenvalue weighted by molar-refractivity contribution is 9.10. The molecular weight excluding hydrogens is 263 g/mol. The van der Waals surface area contributed by atoms with Crippen LogP contribution in [0.2, 0.25) is 0 Å². The molecule has 1 N–H and O–H groups in total. The topological polar surface area (TPSA) is 24.9 Å². The lowest BCUT2D eigenvalue weighted by Gasteiger charge is -2.22. The summed E-state index contributed by atoms with van der Waals surface area (Å²) in [6, 6.07) is 1.94. The third kappa shape index (κ3) is 3.46. The van der Waals surface area contributed by atoms with E-state index in [-0.39, 0.29) is 5.41 Å². The molecule has 1 aromatic rings. The molecular formula is C10H14BrClN2. The van der Waals surface area contributed by atoms with E-state index in [4.69, 9.17) is 11.6 Å². The third-order valence-electron chi connectivity index (χ3n) is 1.89. The van der Waals surface area contributed by atoms with Gasteiger partial charge < -0.3 is 5.32 Å². The summed E-state index contributed by atoms with van der Waals surface area (Å²) in [4.78, 5) is 4.00. The van der Waals surface area contributed by atoms with Gasteiger partial charge in [0.2, 0.25) is 0 Å². The number of anilines is 1. The van der Waals surface area contributed by atoms with Crippen LogP contribution < -0.4 is 5.32 Å². The van der Waals surface area contributed by atoms with Crippen LogP contribution in [0.15, 0.2) is 22.9 Å². The molecule has 0 aliphatic carbocycles. The zero-order valence-corrected chi connectivity index (χ0v) is 10.7. The molecule has 0 fully saturated rings. The first-order chi connectivity index (χ1) is 6.55. The molecule has 0 aliphatic rings. The first-order valence-corrected chi connectivity index (χ1v) is 5.77. The molecule has 0 aromatic carbocycles. The van der Waals surface area contributed by atoms with Gasteiger partial charge in [0.25, 0.3) is 0 Å². The summed E-state index contributed by atoms with van der Waals surface area (Å²) in [5, 5.41) is 3.33. The quantitative estimate of drug-likeness (QED) is 0.852. The molecule has 0 atom stereocenters. The number of alkyl halides is 1. The number of pyridine rings is 1. The molecule has 0 amide bonds. The number of nitrogens with one attached hydrogen (secondary N) is 1. The predicted molar refractivity (Wildman–Crippen MR) is 64.9 cm³/mol. The smallest absolute Gasteiger partial charge is 0.0590 e. The maximum absolute atomic E-state index is 5.84. The van der Waals surface area contributed by atoms with Crippen molar-refractivity contribution in [2.45, 2.75) is 13.8 Å². The van der Waals surface area contributed by atoms with Crippen LogP contribution in [0.25, 0.3) is 0 Å². The first kappa shape index (κ1) is 11.8. The Labute approximate surface area is 98.2 Å². The largest absolute Gasteiger partial charge is 0.383 e. The van der Waals surface area contributed by atoms with Gasteiger partial charge in [0, 0.05) is 24.8 Å². The van der Waals surface area contributed by atoms with Crippen molar-refractivity contribution in [3.63, 3.8) is 0 Å². The van der Waals surface area contributed by atoms with Crippen LogP contribution in [-0.2, 0) is 0 Å². The Kier molecular flexibility index (Phi) is 4.20. The minimum absolute atomic E-state index is 0.101. The SMILES string of the molecule is CC(C)(CCl)CNc1ccncc1Br. The lowest BCUT2D eigenvalue weighted by atomic mass is 9.96. The van der Waals surface area contributed by atoms with Crippen molar-refractivity contribution < 1.29 is 0 Å². The van der Waals surface area contributed by atoms with Crippen LogP contribution in [0, 0.1) is 5.41 Å². The van der Waals surface area contributed by atoms with Crippen LogP contribution in [0.4, 0.5) is 5.69 Å². The summed E-state index contributed by atoms with van der Waals surface area (Å²) in [7, 11) is 0. The number of nitrogens with zero attached hydrogens (tertiary/aromatic N) is 1. The fourth-order valence-electron chi connectivity index (χ4n) is 0.900.